The Kier molecular flexibility index (Phi) is 2.25. The highest BCUT2D eigenvalue weighted by atomic mass is 16.5. The van der Waals surface area contributed by atoms with Gasteiger partial charge in [0.05, 0.1) is 6.54 Å². The molecule has 3 rings (SSSR count). The van der Waals surface area contributed by atoms with Crippen LogP contribution in [0.3, 0.4) is 0 Å². The Morgan fingerprint density at radius 2 is 2.44 bits per heavy atom. The van der Waals surface area contributed by atoms with Gasteiger partial charge in [0.1, 0.15) is 11.5 Å². The normalized spacial score (nSPS) is 16.3. The van der Waals surface area contributed by atoms with E-state index in [-0.39, 0.29) is 0 Å². The summed E-state index contributed by atoms with van der Waals surface area (Å²) in [6, 6.07) is 1.92. The van der Waals surface area contributed by atoms with Gasteiger partial charge in [-0.2, -0.15) is 5.10 Å². The molecule has 5 heteroatoms. The summed E-state index contributed by atoms with van der Waals surface area (Å²) in [5.41, 5.74) is 2.24. The van der Waals surface area contributed by atoms with Crippen molar-refractivity contribution in [2.45, 2.75) is 19.5 Å². The number of fused-ring (bicyclic) bond motifs is 1. The second kappa shape index (κ2) is 3.75. The third-order valence-corrected chi connectivity index (χ3v) is 2.97. The molecule has 84 valence electrons. The molecule has 16 heavy (non-hydrogen) atoms. The maximum Gasteiger partial charge on any atom is 0.142 e. The first kappa shape index (κ1) is 9.59. The van der Waals surface area contributed by atoms with E-state index in [1.54, 1.807) is 6.20 Å². The molecule has 3 heterocycles. The molecule has 0 bridgehead atoms. The van der Waals surface area contributed by atoms with Crippen molar-refractivity contribution in [3.63, 3.8) is 0 Å². The molecule has 1 aliphatic heterocycles. The van der Waals surface area contributed by atoms with Crippen molar-refractivity contribution in [2.75, 3.05) is 13.6 Å². The van der Waals surface area contributed by atoms with Gasteiger partial charge in [0.2, 0.25) is 0 Å². The summed E-state index contributed by atoms with van der Waals surface area (Å²) in [6.45, 7) is 2.67. The van der Waals surface area contributed by atoms with E-state index in [9.17, 15) is 0 Å². The Balaban J connectivity index is 1.88. The second-order valence-corrected chi connectivity index (χ2v) is 4.22. The Bertz CT molecular complexity index is 474. The van der Waals surface area contributed by atoms with Crippen LogP contribution in [0, 0.1) is 0 Å². The predicted molar refractivity (Wildman–Crippen MR) is 57.9 cm³/mol. The molecular formula is C11H14N4O. The second-order valence-electron chi connectivity index (χ2n) is 4.22. The monoisotopic (exact) mass is 218 g/mol. The van der Waals surface area contributed by atoms with Gasteiger partial charge < -0.3 is 9.42 Å². The number of aromatic nitrogens is 3. The van der Waals surface area contributed by atoms with Crippen molar-refractivity contribution in [2.24, 2.45) is 0 Å². The van der Waals surface area contributed by atoms with Crippen molar-refractivity contribution in [3.05, 3.63) is 35.5 Å². The van der Waals surface area contributed by atoms with Gasteiger partial charge in [0.25, 0.3) is 0 Å². The standard InChI is InChI=1S/C11H14N4O/c1-14-6-3-11-9(7-14)10(13-16-11)8-15-5-2-4-12-15/h2,4-5H,3,6-8H2,1H3. The van der Waals surface area contributed by atoms with Gasteiger partial charge in [-0.1, -0.05) is 5.16 Å². The molecule has 0 atom stereocenters. The van der Waals surface area contributed by atoms with Crippen LogP contribution in [-0.4, -0.2) is 33.4 Å². The molecule has 0 saturated carbocycles. The zero-order valence-electron chi connectivity index (χ0n) is 9.26. The van der Waals surface area contributed by atoms with E-state index < -0.39 is 0 Å². The molecule has 0 spiro atoms. The lowest BCUT2D eigenvalue weighted by atomic mass is 10.1. The Morgan fingerprint density at radius 3 is 3.25 bits per heavy atom. The molecule has 0 amide bonds. The SMILES string of the molecule is CN1CCc2onc(Cn3cccn3)c2C1. The summed E-state index contributed by atoms with van der Waals surface area (Å²) in [4.78, 5) is 2.28. The predicted octanol–water partition coefficient (Wildman–Crippen LogP) is 0.907. The summed E-state index contributed by atoms with van der Waals surface area (Å²) in [7, 11) is 2.12. The molecule has 5 nitrogen and oxygen atoms in total. The van der Waals surface area contributed by atoms with E-state index >= 15 is 0 Å². The minimum atomic E-state index is 0.694. The first-order valence-electron chi connectivity index (χ1n) is 5.45. The molecule has 2 aromatic heterocycles. The number of rotatable bonds is 2. The van der Waals surface area contributed by atoms with Crippen LogP contribution in [0.5, 0.6) is 0 Å². The lowest BCUT2D eigenvalue weighted by Gasteiger charge is -2.20. The fourth-order valence-electron chi connectivity index (χ4n) is 2.07. The van der Waals surface area contributed by atoms with Crippen molar-refractivity contribution in [1.29, 1.82) is 0 Å². The van der Waals surface area contributed by atoms with Gasteiger partial charge in [-0.3, -0.25) is 4.68 Å². The minimum Gasteiger partial charge on any atom is -0.361 e. The number of likely N-dealkylation sites (N-methyl/N-ethyl adjacent to an activating group) is 1. The maximum absolute atomic E-state index is 5.37. The first-order valence-corrected chi connectivity index (χ1v) is 5.45. The van der Waals surface area contributed by atoms with Crippen LogP contribution in [0.4, 0.5) is 0 Å². The third kappa shape index (κ3) is 1.63. The third-order valence-electron chi connectivity index (χ3n) is 2.97. The van der Waals surface area contributed by atoms with Gasteiger partial charge in [0.15, 0.2) is 0 Å². The fraction of sp³-hybridized carbons (Fsp3) is 0.455. The summed E-state index contributed by atoms with van der Waals surface area (Å²) in [5, 5.41) is 8.33. The molecule has 0 aromatic carbocycles. The zero-order chi connectivity index (χ0) is 11.0. The first-order chi connectivity index (χ1) is 7.83. The summed E-state index contributed by atoms with van der Waals surface area (Å²) < 4.78 is 7.23. The van der Waals surface area contributed by atoms with E-state index in [0.717, 1.165) is 31.0 Å². The van der Waals surface area contributed by atoms with Crippen LogP contribution in [0.15, 0.2) is 23.0 Å². The highest BCUT2D eigenvalue weighted by Gasteiger charge is 2.22. The summed E-state index contributed by atoms with van der Waals surface area (Å²) >= 11 is 0. The van der Waals surface area contributed by atoms with Gasteiger partial charge in [-0.05, 0) is 13.1 Å². The van der Waals surface area contributed by atoms with Crippen LogP contribution in [0.25, 0.3) is 0 Å². The fourth-order valence-corrected chi connectivity index (χ4v) is 2.07. The number of nitrogens with zero attached hydrogens (tertiary/aromatic N) is 4. The lowest BCUT2D eigenvalue weighted by Crippen LogP contribution is -2.26. The molecule has 0 saturated heterocycles. The number of hydrogen-bond acceptors (Lipinski definition) is 4. The van der Waals surface area contributed by atoms with Gasteiger partial charge in [0, 0.05) is 37.5 Å². The van der Waals surface area contributed by atoms with Crippen LogP contribution >= 0.6 is 0 Å². The average molecular weight is 218 g/mol. The highest BCUT2D eigenvalue weighted by molar-refractivity contribution is 5.25. The van der Waals surface area contributed by atoms with Crippen molar-refractivity contribution < 1.29 is 4.52 Å². The number of hydrogen-bond donors (Lipinski definition) is 0. The molecule has 1 aliphatic rings. The van der Waals surface area contributed by atoms with Gasteiger partial charge in [-0.25, -0.2) is 0 Å². The molecule has 0 N–H and O–H groups in total. The van der Waals surface area contributed by atoms with E-state index in [0.29, 0.717) is 6.54 Å². The van der Waals surface area contributed by atoms with Gasteiger partial charge in [-0.15, -0.1) is 0 Å². The van der Waals surface area contributed by atoms with E-state index in [1.165, 1.54) is 5.56 Å². The molecule has 0 fully saturated rings. The molecule has 0 unspecified atom stereocenters. The topological polar surface area (TPSA) is 47.1 Å². The van der Waals surface area contributed by atoms with Crippen LogP contribution in [0.2, 0.25) is 0 Å². The van der Waals surface area contributed by atoms with Gasteiger partial charge >= 0.3 is 0 Å². The minimum absolute atomic E-state index is 0.694. The van der Waals surface area contributed by atoms with Crippen LogP contribution in [0.1, 0.15) is 17.0 Å². The van der Waals surface area contributed by atoms with Crippen molar-refractivity contribution in [1.82, 2.24) is 19.8 Å². The van der Waals surface area contributed by atoms with E-state index in [4.69, 9.17) is 4.52 Å². The molecular weight excluding hydrogens is 204 g/mol. The van der Waals surface area contributed by atoms with E-state index in [1.807, 2.05) is 16.9 Å². The molecule has 0 radical (unpaired) electrons. The quantitative estimate of drug-likeness (QED) is 0.751. The van der Waals surface area contributed by atoms with E-state index in [2.05, 4.69) is 22.2 Å². The maximum atomic E-state index is 5.37. The van der Waals surface area contributed by atoms with Crippen LogP contribution < -0.4 is 0 Å². The Morgan fingerprint density at radius 1 is 1.50 bits per heavy atom. The Hall–Kier alpha value is -1.62. The summed E-state index contributed by atoms with van der Waals surface area (Å²) in [6.07, 6.45) is 4.67. The molecule has 0 aliphatic carbocycles. The smallest absolute Gasteiger partial charge is 0.142 e. The van der Waals surface area contributed by atoms with Crippen molar-refractivity contribution in [3.8, 4) is 0 Å². The van der Waals surface area contributed by atoms with Crippen molar-refractivity contribution >= 4 is 0 Å². The Labute approximate surface area is 93.6 Å². The highest BCUT2D eigenvalue weighted by Crippen LogP contribution is 2.21. The largest absolute Gasteiger partial charge is 0.361 e. The summed E-state index contributed by atoms with van der Waals surface area (Å²) in [5.74, 6) is 1.04. The van der Waals surface area contributed by atoms with Crippen LogP contribution in [-0.2, 0) is 19.5 Å². The zero-order valence-corrected chi connectivity index (χ0v) is 9.26. The molecule has 2 aromatic rings. The average Bonchev–Trinajstić information content (AvgIpc) is 2.90. The lowest BCUT2D eigenvalue weighted by molar-refractivity contribution is 0.281.